The van der Waals surface area contributed by atoms with Crippen LogP contribution in [-0.2, 0) is 11.3 Å². The number of nitrogens with zero attached hydrogens (tertiary/aromatic N) is 4. The van der Waals surface area contributed by atoms with E-state index in [-0.39, 0.29) is 30.9 Å². The van der Waals surface area contributed by atoms with Crippen molar-refractivity contribution < 1.29 is 9.59 Å². The lowest BCUT2D eigenvalue weighted by Gasteiger charge is -2.46. The number of fused-ring (bicyclic) bond motifs is 4. The quantitative estimate of drug-likeness (QED) is 0.657. The van der Waals surface area contributed by atoms with Gasteiger partial charge in [0.05, 0.1) is 6.54 Å². The van der Waals surface area contributed by atoms with E-state index in [1.165, 1.54) is 4.90 Å². The van der Waals surface area contributed by atoms with E-state index < -0.39 is 6.04 Å². The summed E-state index contributed by atoms with van der Waals surface area (Å²) in [6.07, 6.45) is -0.490. The van der Waals surface area contributed by atoms with Gasteiger partial charge in [-0.3, -0.25) is 19.9 Å². The number of likely N-dealkylation sites (N-methyl/N-ethyl adjacent to an activating group) is 1. The number of anilines is 1. The lowest BCUT2D eigenvalue weighted by molar-refractivity contribution is -0.139. The third-order valence-electron chi connectivity index (χ3n) is 7.38. The highest BCUT2D eigenvalue weighted by molar-refractivity contribution is 6.01. The van der Waals surface area contributed by atoms with Crippen LogP contribution in [0.15, 0.2) is 72.8 Å². The van der Waals surface area contributed by atoms with Crippen LogP contribution < -0.4 is 10.2 Å². The van der Waals surface area contributed by atoms with Gasteiger partial charge in [0.1, 0.15) is 18.5 Å². The number of hydrogen-bond acceptors (Lipinski definition) is 5. The van der Waals surface area contributed by atoms with Gasteiger partial charge in [-0.25, -0.2) is 4.79 Å². The molecule has 3 heterocycles. The summed E-state index contributed by atoms with van der Waals surface area (Å²) in [5.74, 6) is 0.261. The number of nitrogens with one attached hydrogen (secondary N) is 1. The monoisotopic (exact) mass is 455 g/mol. The highest BCUT2D eigenvalue weighted by atomic mass is 16.2. The van der Waals surface area contributed by atoms with Crippen molar-refractivity contribution in [3.05, 3.63) is 78.4 Å². The first-order valence-corrected chi connectivity index (χ1v) is 11.9. The minimum atomic E-state index is -0.420. The first kappa shape index (κ1) is 21.1. The van der Waals surface area contributed by atoms with Gasteiger partial charge in [-0.1, -0.05) is 67.6 Å². The van der Waals surface area contributed by atoms with E-state index in [4.69, 9.17) is 0 Å². The van der Waals surface area contributed by atoms with Gasteiger partial charge in [0.15, 0.2) is 0 Å². The van der Waals surface area contributed by atoms with E-state index in [2.05, 4.69) is 46.3 Å². The summed E-state index contributed by atoms with van der Waals surface area (Å²) >= 11 is 0. The molecule has 4 atom stereocenters. The number of carbonyl (C=O) groups excluding carboxylic acids is 2. The van der Waals surface area contributed by atoms with Crippen LogP contribution in [0.25, 0.3) is 10.8 Å². The molecule has 1 N–H and O–H groups in total. The molecule has 0 spiro atoms. The Morgan fingerprint density at radius 1 is 0.912 bits per heavy atom. The highest BCUT2D eigenvalue weighted by Crippen LogP contribution is 2.35. The fourth-order valence-electron chi connectivity index (χ4n) is 5.78. The molecular formula is C27H29N5O2. The second-order valence-electron chi connectivity index (χ2n) is 9.68. The lowest BCUT2D eigenvalue weighted by atomic mass is 10.0. The fourth-order valence-corrected chi connectivity index (χ4v) is 5.78. The Bertz CT molecular complexity index is 1240. The Morgan fingerprint density at radius 2 is 1.65 bits per heavy atom. The van der Waals surface area contributed by atoms with Gasteiger partial charge in [0, 0.05) is 25.8 Å². The zero-order valence-electron chi connectivity index (χ0n) is 19.5. The first-order chi connectivity index (χ1) is 16.5. The summed E-state index contributed by atoms with van der Waals surface area (Å²) in [6, 6.07) is 23.8. The third-order valence-corrected chi connectivity index (χ3v) is 7.38. The molecule has 0 radical (unpaired) electrons. The molecule has 3 saturated heterocycles. The van der Waals surface area contributed by atoms with Crippen molar-refractivity contribution in [1.29, 1.82) is 0 Å². The van der Waals surface area contributed by atoms with Crippen LogP contribution in [0.2, 0.25) is 0 Å². The lowest BCUT2D eigenvalue weighted by Crippen LogP contribution is -2.66. The summed E-state index contributed by atoms with van der Waals surface area (Å²) in [4.78, 5) is 35.0. The molecule has 7 nitrogen and oxygen atoms in total. The average Bonchev–Trinajstić information content (AvgIpc) is 3.25. The second kappa shape index (κ2) is 8.11. The van der Waals surface area contributed by atoms with Crippen molar-refractivity contribution in [1.82, 2.24) is 20.0 Å². The van der Waals surface area contributed by atoms with Gasteiger partial charge < -0.3 is 9.80 Å². The van der Waals surface area contributed by atoms with E-state index in [0.29, 0.717) is 5.92 Å². The molecule has 3 aromatic carbocycles. The van der Waals surface area contributed by atoms with E-state index in [9.17, 15) is 9.59 Å². The number of imide groups is 1. The van der Waals surface area contributed by atoms with Crippen molar-refractivity contribution >= 4 is 28.4 Å². The average molecular weight is 456 g/mol. The van der Waals surface area contributed by atoms with Crippen molar-refractivity contribution in [2.45, 2.75) is 32.0 Å². The zero-order valence-corrected chi connectivity index (χ0v) is 19.5. The number of para-hydroxylation sites is 1. The number of rotatable bonds is 3. The fraction of sp³-hybridized carbons (Fsp3) is 0.333. The van der Waals surface area contributed by atoms with Crippen LogP contribution in [0.4, 0.5) is 10.5 Å². The molecule has 3 amide bonds. The number of amides is 3. The number of benzene rings is 3. The van der Waals surface area contributed by atoms with Crippen LogP contribution in [0.5, 0.6) is 0 Å². The van der Waals surface area contributed by atoms with Gasteiger partial charge in [-0.2, -0.15) is 0 Å². The smallest absolute Gasteiger partial charge is 0.328 e. The summed E-state index contributed by atoms with van der Waals surface area (Å²) in [5.41, 5.74) is 2.09. The van der Waals surface area contributed by atoms with Crippen LogP contribution in [0, 0.1) is 5.92 Å². The Balaban J connectivity index is 1.34. The van der Waals surface area contributed by atoms with Crippen LogP contribution >= 0.6 is 0 Å². The van der Waals surface area contributed by atoms with Gasteiger partial charge >= 0.3 is 6.03 Å². The van der Waals surface area contributed by atoms with Gasteiger partial charge in [-0.05, 0) is 34.4 Å². The maximum atomic E-state index is 13.9. The van der Waals surface area contributed by atoms with Crippen molar-refractivity contribution in [2.75, 3.05) is 25.0 Å². The Morgan fingerprint density at radius 3 is 2.47 bits per heavy atom. The molecule has 3 aliphatic heterocycles. The Kier molecular flexibility index (Phi) is 5.04. The molecule has 3 fully saturated rings. The van der Waals surface area contributed by atoms with Crippen LogP contribution in [0.3, 0.4) is 0 Å². The maximum Gasteiger partial charge on any atom is 0.328 e. The minimum absolute atomic E-state index is 0.127. The number of urea groups is 1. The first-order valence-electron chi connectivity index (χ1n) is 11.9. The van der Waals surface area contributed by atoms with Crippen molar-refractivity contribution in [3.8, 4) is 0 Å². The molecule has 0 saturated carbocycles. The molecule has 0 aromatic heterocycles. The molecule has 0 bridgehead atoms. The van der Waals surface area contributed by atoms with E-state index >= 15 is 0 Å². The molecule has 0 aliphatic carbocycles. The standard InChI is InChI=1S/C27H29N5O2/c1-18-15-30(21-12-4-3-5-13-21)26-28-24-23(31(26)16-18)25(33)32(27(34)29(24)2)17-20-11-8-10-19-9-6-7-14-22(19)20/h3-14,18,23-24,26,28H,15-17H2,1-2H3. The predicted octanol–water partition coefficient (Wildman–Crippen LogP) is 3.27. The molecular weight excluding hydrogens is 426 g/mol. The normalized spacial score (nSPS) is 27.3. The molecule has 34 heavy (non-hydrogen) atoms. The Hall–Kier alpha value is -3.42. The topological polar surface area (TPSA) is 59.1 Å². The summed E-state index contributed by atoms with van der Waals surface area (Å²) in [5, 5.41) is 5.77. The van der Waals surface area contributed by atoms with E-state index in [1.807, 2.05) is 48.5 Å². The molecule has 6 rings (SSSR count). The van der Waals surface area contributed by atoms with Crippen molar-refractivity contribution in [2.24, 2.45) is 5.92 Å². The number of hydrogen-bond donors (Lipinski definition) is 1. The third kappa shape index (κ3) is 3.27. The van der Waals surface area contributed by atoms with Crippen LogP contribution in [0.1, 0.15) is 12.5 Å². The van der Waals surface area contributed by atoms with Gasteiger partial charge in [0.2, 0.25) is 0 Å². The molecule has 7 heteroatoms. The Labute approximate surface area is 199 Å². The van der Waals surface area contributed by atoms with E-state index in [0.717, 1.165) is 35.1 Å². The molecule has 3 aliphatic rings. The summed E-state index contributed by atoms with van der Waals surface area (Å²) in [6.45, 7) is 4.18. The van der Waals surface area contributed by atoms with Crippen LogP contribution in [-0.4, -0.2) is 65.3 Å². The molecule has 174 valence electrons. The minimum Gasteiger partial charge on any atom is -0.343 e. The maximum absolute atomic E-state index is 13.9. The van der Waals surface area contributed by atoms with E-state index in [1.54, 1.807) is 11.9 Å². The largest absolute Gasteiger partial charge is 0.343 e. The van der Waals surface area contributed by atoms with Gasteiger partial charge in [-0.15, -0.1) is 0 Å². The summed E-state index contributed by atoms with van der Waals surface area (Å²) in [7, 11) is 1.80. The van der Waals surface area contributed by atoms with Crippen molar-refractivity contribution in [3.63, 3.8) is 0 Å². The summed E-state index contributed by atoms with van der Waals surface area (Å²) < 4.78 is 0. The number of carbonyl (C=O) groups is 2. The van der Waals surface area contributed by atoms with Gasteiger partial charge in [0.25, 0.3) is 5.91 Å². The molecule has 4 unspecified atom stereocenters. The second-order valence-corrected chi connectivity index (χ2v) is 9.68. The predicted molar refractivity (Wildman–Crippen MR) is 132 cm³/mol. The molecule has 3 aromatic rings. The highest BCUT2D eigenvalue weighted by Gasteiger charge is 2.56. The SMILES string of the molecule is CC1CN(c2ccccc2)C2NC3C(C(=O)N(Cc4cccc5ccccc45)C(=O)N3C)N2C1. The zero-order chi connectivity index (χ0) is 23.4.